The quantitative estimate of drug-likeness (QED) is 0.0759. The number of likely N-dealkylation sites (tertiary alicyclic amines) is 1. The number of halogens is 4. The average Bonchev–Trinajstić information content (AvgIpc) is 3.18. The second kappa shape index (κ2) is 17.2. The van der Waals surface area contributed by atoms with Crippen LogP contribution >= 0.6 is 22.6 Å². The van der Waals surface area contributed by atoms with Crippen LogP contribution in [0.3, 0.4) is 0 Å². The van der Waals surface area contributed by atoms with Crippen molar-refractivity contribution in [3.63, 3.8) is 0 Å². The summed E-state index contributed by atoms with van der Waals surface area (Å²) in [4.78, 5) is 37.0. The maximum absolute atomic E-state index is 14.7. The van der Waals surface area contributed by atoms with Crippen LogP contribution in [0, 0.1) is 5.92 Å². The van der Waals surface area contributed by atoms with Crippen LogP contribution in [0.15, 0.2) is 140 Å². The molecule has 1 aliphatic heterocycles. The molecule has 5 aromatic rings. The Labute approximate surface area is 316 Å². The lowest BCUT2D eigenvalue weighted by molar-refractivity contribution is -0.145. The third kappa shape index (κ3) is 9.56. The molecule has 9 heteroatoms. The van der Waals surface area contributed by atoms with E-state index in [9.17, 15) is 22.8 Å². The monoisotopic (exact) mass is 813 g/mol. The molecule has 266 valence electrons. The zero-order valence-corrected chi connectivity index (χ0v) is 30.7. The van der Waals surface area contributed by atoms with Crippen LogP contribution in [-0.4, -0.2) is 45.7 Å². The first kappa shape index (κ1) is 37.0. The van der Waals surface area contributed by atoms with Crippen molar-refractivity contribution in [2.75, 3.05) is 13.1 Å². The van der Waals surface area contributed by atoms with Gasteiger partial charge in [-0.1, -0.05) is 126 Å². The van der Waals surface area contributed by atoms with Crippen LogP contribution in [0.25, 0.3) is 17.3 Å². The zero-order valence-electron chi connectivity index (χ0n) is 28.5. The van der Waals surface area contributed by atoms with Crippen LogP contribution in [0.4, 0.5) is 13.2 Å². The van der Waals surface area contributed by atoms with E-state index in [0.717, 1.165) is 53.8 Å². The second-order valence-electron chi connectivity index (χ2n) is 13.0. The molecule has 1 aromatic heterocycles. The zero-order chi connectivity index (χ0) is 36.5. The number of amides is 2. The molecule has 6 rings (SSSR count). The Morgan fingerprint density at radius 2 is 1.44 bits per heavy atom. The van der Waals surface area contributed by atoms with Crippen LogP contribution < -0.4 is 0 Å². The van der Waals surface area contributed by atoms with Crippen molar-refractivity contribution >= 4 is 40.5 Å². The van der Waals surface area contributed by atoms with Crippen LogP contribution in [-0.2, 0) is 28.7 Å². The van der Waals surface area contributed by atoms with Gasteiger partial charge in [-0.15, -0.1) is 0 Å². The lowest BCUT2D eigenvalue weighted by atomic mass is 9.89. The van der Waals surface area contributed by atoms with Gasteiger partial charge in [0.1, 0.15) is 6.04 Å². The summed E-state index contributed by atoms with van der Waals surface area (Å²) in [6, 6.07) is 37.4. The summed E-state index contributed by atoms with van der Waals surface area (Å²) in [7, 11) is 0. The average molecular weight is 814 g/mol. The highest BCUT2D eigenvalue weighted by Crippen LogP contribution is 2.35. The van der Waals surface area contributed by atoms with Gasteiger partial charge in [-0.3, -0.25) is 14.6 Å². The first-order valence-electron chi connectivity index (χ1n) is 17.3. The van der Waals surface area contributed by atoms with E-state index in [0.29, 0.717) is 24.6 Å². The number of carbonyl (C=O) groups is 2. The van der Waals surface area contributed by atoms with E-state index in [1.165, 1.54) is 29.8 Å². The van der Waals surface area contributed by atoms with Crippen molar-refractivity contribution in [1.82, 2.24) is 14.8 Å². The van der Waals surface area contributed by atoms with E-state index in [-0.39, 0.29) is 16.4 Å². The van der Waals surface area contributed by atoms with Gasteiger partial charge in [-0.05, 0) is 77.8 Å². The normalized spacial score (nSPS) is 15.0. The van der Waals surface area contributed by atoms with Gasteiger partial charge in [-0.25, -0.2) is 0 Å². The van der Waals surface area contributed by atoms with Crippen molar-refractivity contribution in [1.29, 1.82) is 0 Å². The lowest BCUT2D eigenvalue weighted by Gasteiger charge is -2.39. The standard InChI is InChI=1S/C43H39F3IN3O2/c44-43(45,46)37-21-16-31(17-22-37)18-23-39(51)50(30-34-14-19-35(20-15-34)38-13-7-8-26-48-38)41(40(47)36-11-5-2-6-12-36)42(52)49-27-24-33(25-28-49)29-32-9-3-1-4-10-32/h1-23,26,33,40-41H,24-25,27-30H2. The van der Waals surface area contributed by atoms with Gasteiger partial charge in [-0.2, -0.15) is 13.2 Å². The molecule has 0 saturated carbocycles. The molecule has 2 unspecified atom stereocenters. The van der Waals surface area contributed by atoms with Crippen molar-refractivity contribution in [3.05, 3.63) is 167 Å². The molecule has 2 heterocycles. The molecule has 52 heavy (non-hydrogen) atoms. The Bertz CT molecular complexity index is 1930. The van der Waals surface area contributed by atoms with Gasteiger partial charge in [0.25, 0.3) is 0 Å². The van der Waals surface area contributed by atoms with E-state index >= 15 is 0 Å². The topological polar surface area (TPSA) is 53.5 Å². The number of hydrogen-bond donors (Lipinski definition) is 0. The molecule has 4 aromatic carbocycles. The first-order chi connectivity index (χ1) is 25.2. The number of alkyl halides is 4. The van der Waals surface area contributed by atoms with E-state index in [1.807, 2.05) is 95.9 Å². The Kier molecular flexibility index (Phi) is 12.2. The smallest absolute Gasteiger partial charge is 0.341 e. The number of nitrogens with zero attached hydrogens (tertiary/aromatic N) is 3. The molecule has 0 N–H and O–H groups in total. The minimum absolute atomic E-state index is 0.122. The highest BCUT2D eigenvalue weighted by Gasteiger charge is 2.39. The van der Waals surface area contributed by atoms with E-state index < -0.39 is 23.7 Å². The maximum Gasteiger partial charge on any atom is 0.416 e. The molecular weight excluding hydrogens is 774 g/mol. The predicted octanol–water partition coefficient (Wildman–Crippen LogP) is 9.84. The third-order valence-electron chi connectivity index (χ3n) is 9.48. The molecule has 2 amide bonds. The summed E-state index contributed by atoms with van der Waals surface area (Å²) < 4.78 is 39.2. The van der Waals surface area contributed by atoms with Crippen molar-refractivity contribution < 1.29 is 22.8 Å². The van der Waals surface area contributed by atoms with E-state index in [1.54, 1.807) is 11.1 Å². The van der Waals surface area contributed by atoms with E-state index in [2.05, 4.69) is 39.7 Å². The van der Waals surface area contributed by atoms with Crippen molar-refractivity contribution in [3.8, 4) is 11.3 Å². The third-order valence-corrected chi connectivity index (χ3v) is 10.9. The highest BCUT2D eigenvalue weighted by molar-refractivity contribution is 14.1. The number of carbonyl (C=O) groups excluding carboxylic acids is 2. The molecule has 0 aliphatic carbocycles. The van der Waals surface area contributed by atoms with Gasteiger partial charge in [0.05, 0.1) is 15.2 Å². The Hall–Kier alpha value is -4.77. The van der Waals surface area contributed by atoms with Gasteiger partial charge < -0.3 is 9.80 Å². The number of hydrogen-bond acceptors (Lipinski definition) is 3. The Balaban J connectivity index is 1.30. The fraction of sp³-hybridized carbons (Fsp3) is 0.233. The largest absolute Gasteiger partial charge is 0.416 e. The van der Waals surface area contributed by atoms with Gasteiger partial charge >= 0.3 is 6.18 Å². The molecule has 1 saturated heterocycles. The van der Waals surface area contributed by atoms with Gasteiger partial charge in [0.15, 0.2) is 0 Å². The molecule has 0 radical (unpaired) electrons. The highest BCUT2D eigenvalue weighted by atomic mass is 127. The summed E-state index contributed by atoms with van der Waals surface area (Å²) in [6.45, 7) is 1.33. The Morgan fingerprint density at radius 1 is 0.808 bits per heavy atom. The van der Waals surface area contributed by atoms with Crippen molar-refractivity contribution in [2.45, 2.75) is 41.9 Å². The summed E-state index contributed by atoms with van der Waals surface area (Å²) >= 11 is 2.27. The minimum atomic E-state index is -4.46. The fourth-order valence-electron chi connectivity index (χ4n) is 6.60. The maximum atomic E-state index is 14.7. The van der Waals surface area contributed by atoms with Gasteiger partial charge in [0.2, 0.25) is 11.8 Å². The number of aromatic nitrogens is 1. The van der Waals surface area contributed by atoms with Crippen LogP contribution in [0.1, 0.15) is 44.6 Å². The van der Waals surface area contributed by atoms with Crippen molar-refractivity contribution in [2.24, 2.45) is 5.92 Å². The Morgan fingerprint density at radius 3 is 2.06 bits per heavy atom. The molecule has 0 spiro atoms. The number of pyridine rings is 1. The molecular formula is C43H39F3IN3O2. The minimum Gasteiger partial charge on any atom is -0.341 e. The predicted molar refractivity (Wildman–Crippen MR) is 207 cm³/mol. The van der Waals surface area contributed by atoms with Crippen LogP contribution in [0.2, 0.25) is 0 Å². The fourth-order valence-corrected chi connectivity index (χ4v) is 7.71. The number of rotatable bonds is 11. The summed E-state index contributed by atoms with van der Waals surface area (Å²) in [5.74, 6) is -0.0807. The molecule has 1 aliphatic rings. The van der Waals surface area contributed by atoms with E-state index in [4.69, 9.17) is 0 Å². The molecule has 0 bridgehead atoms. The summed E-state index contributed by atoms with van der Waals surface area (Å²) in [6.07, 6.45) is 2.81. The number of benzene rings is 4. The lowest BCUT2D eigenvalue weighted by Crippen LogP contribution is -2.53. The molecule has 2 atom stereocenters. The van der Waals surface area contributed by atoms with Gasteiger partial charge in [0, 0.05) is 37.5 Å². The molecule has 5 nitrogen and oxygen atoms in total. The SMILES string of the molecule is O=C(C(C(I)c1ccccc1)N(Cc1ccc(-c2ccccn2)cc1)C(=O)C=Cc1ccc(C(F)(F)F)cc1)N1CCC(Cc2ccccc2)CC1. The summed E-state index contributed by atoms with van der Waals surface area (Å²) in [5.41, 5.74) is 4.45. The molecule has 1 fully saturated rings. The number of piperidine rings is 1. The van der Waals surface area contributed by atoms with Crippen LogP contribution in [0.5, 0.6) is 0 Å². The second-order valence-corrected chi connectivity index (χ2v) is 14.4. The first-order valence-corrected chi connectivity index (χ1v) is 18.6. The summed E-state index contributed by atoms with van der Waals surface area (Å²) in [5, 5.41) is 0.